The summed E-state index contributed by atoms with van der Waals surface area (Å²) in [5.41, 5.74) is -0.397. The molecule has 3 rings (SSSR count). The molecule has 3 heterocycles. The van der Waals surface area contributed by atoms with E-state index in [2.05, 4.69) is 61.8 Å². The van der Waals surface area contributed by atoms with Crippen LogP contribution in [0.3, 0.4) is 0 Å². The third-order valence-electron chi connectivity index (χ3n) is 4.92. The first-order valence-electron chi connectivity index (χ1n) is 11.3. The van der Waals surface area contributed by atoms with E-state index in [0.717, 1.165) is 28.4 Å². The van der Waals surface area contributed by atoms with Crippen LogP contribution < -0.4 is 15.3 Å². The van der Waals surface area contributed by atoms with Crippen molar-refractivity contribution in [2.45, 2.75) is 24.5 Å². The maximum absolute atomic E-state index is 11.6. The Morgan fingerprint density at radius 1 is 1.05 bits per heavy atom. The summed E-state index contributed by atoms with van der Waals surface area (Å²) in [4.78, 5) is 42.6. The fraction of sp³-hybridized carbons (Fsp3) is 0.750. The van der Waals surface area contributed by atoms with E-state index in [1.807, 2.05) is 0 Å². The van der Waals surface area contributed by atoms with Gasteiger partial charge in [0.1, 0.15) is 31.4 Å². The number of aromatic nitrogens is 4. The molecule has 1 fully saturated rings. The molecule has 0 amide bonds. The van der Waals surface area contributed by atoms with E-state index < -0.39 is 44.5 Å². The van der Waals surface area contributed by atoms with E-state index in [-0.39, 0.29) is 24.4 Å². The van der Waals surface area contributed by atoms with Crippen molar-refractivity contribution in [3.8, 4) is 0 Å². The molecule has 1 aliphatic heterocycles. The topological polar surface area (TPSA) is 226 Å². The van der Waals surface area contributed by atoms with Gasteiger partial charge < -0.3 is 58.0 Å². The van der Waals surface area contributed by atoms with Crippen molar-refractivity contribution in [1.29, 1.82) is 0 Å². The van der Waals surface area contributed by atoms with Crippen LogP contribution in [0.2, 0.25) is 0 Å². The number of phosphoric acid groups is 1. The summed E-state index contributed by atoms with van der Waals surface area (Å²) >= 11 is 0. The molecule has 214 valence electrons. The number of imidazole rings is 1. The van der Waals surface area contributed by atoms with Crippen LogP contribution in [-0.2, 0) is 13.8 Å². The summed E-state index contributed by atoms with van der Waals surface area (Å²) in [5.74, 6) is 0. The van der Waals surface area contributed by atoms with Crippen molar-refractivity contribution in [2.75, 3.05) is 75.2 Å². The Bertz CT molecular complexity index is 1040. The van der Waals surface area contributed by atoms with Crippen LogP contribution in [-0.4, -0.2) is 142 Å². The van der Waals surface area contributed by atoms with Crippen molar-refractivity contribution < 1.29 is 53.0 Å². The third-order valence-corrected chi connectivity index (χ3v) is 5.38. The Balaban J connectivity index is 0.000000404. The molecule has 37 heavy (non-hydrogen) atoms. The number of aliphatic hydroxyl groups excluding tert-OH is 4. The van der Waals surface area contributed by atoms with Gasteiger partial charge in [0.05, 0.1) is 82.6 Å². The maximum atomic E-state index is 11.6. The predicted molar refractivity (Wildman–Crippen MR) is 128 cm³/mol. The monoisotopic (exact) mass is 554 g/mol. The highest BCUT2D eigenvalue weighted by atomic mass is 31.2. The van der Waals surface area contributed by atoms with Crippen molar-refractivity contribution in [3.63, 3.8) is 0 Å². The number of hydrogen-bond acceptors (Lipinski definition) is 12. The lowest BCUT2D eigenvalue weighted by molar-refractivity contribution is -0.870. The average molecular weight is 555 g/mol. The van der Waals surface area contributed by atoms with Crippen LogP contribution in [0.5, 0.6) is 0 Å². The molecule has 0 saturated carbocycles. The lowest BCUT2D eigenvalue weighted by atomic mass is 10.1. The smallest absolute Gasteiger partial charge is 0.278 e. The summed E-state index contributed by atoms with van der Waals surface area (Å²) in [5, 5.41) is 36.7. The van der Waals surface area contributed by atoms with Crippen molar-refractivity contribution in [1.82, 2.24) is 19.5 Å². The second-order valence-corrected chi connectivity index (χ2v) is 11.5. The molecule has 4 atom stereocenters. The Morgan fingerprint density at radius 3 is 2.03 bits per heavy atom. The van der Waals surface area contributed by atoms with Crippen molar-refractivity contribution in [3.05, 3.63) is 23.0 Å². The number of fused-ring (bicyclic) bond motifs is 1. The molecule has 0 radical (unpaired) electrons. The second kappa shape index (κ2) is 13.8. The number of quaternary nitrogens is 2. The average Bonchev–Trinajstić information content (AvgIpc) is 3.28. The summed E-state index contributed by atoms with van der Waals surface area (Å²) < 4.78 is 22.8. The van der Waals surface area contributed by atoms with E-state index in [4.69, 9.17) is 14.9 Å². The van der Waals surface area contributed by atoms with Crippen molar-refractivity contribution >= 4 is 19.0 Å². The summed E-state index contributed by atoms with van der Waals surface area (Å²) in [6.45, 7) is 1.48. The molecule has 1 aliphatic rings. The lowest BCUT2D eigenvalue weighted by Gasteiger charge is -2.30. The zero-order valence-corrected chi connectivity index (χ0v) is 22.8. The van der Waals surface area contributed by atoms with E-state index in [0.29, 0.717) is 0 Å². The van der Waals surface area contributed by atoms with Gasteiger partial charge in [-0.25, -0.2) is 9.97 Å². The van der Waals surface area contributed by atoms with E-state index in [1.165, 1.54) is 10.9 Å². The van der Waals surface area contributed by atoms with Crippen LogP contribution in [0.25, 0.3) is 11.2 Å². The van der Waals surface area contributed by atoms with Crippen LogP contribution in [0.4, 0.5) is 0 Å². The number of H-pyrrole nitrogens is 1. The lowest BCUT2D eigenvalue weighted by Crippen LogP contribution is -2.36. The van der Waals surface area contributed by atoms with Gasteiger partial charge in [-0.2, -0.15) is 0 Å². The van der Waals surface area contributed by atoms with Gasteiger partial charge in [0.2, 0.25) is 0 Å². The highest BCUT2D eigenvalue weighted by Crippen LogP contribution is 2.33. The molecular weight excluding hydrogens is 515 g/mol. The molecular formula is C20H39N6O10P. The Labute approximate surface area is 214 Å². The Hall–Kier alpha value is -1.82. The van der Waals surface area contributed by atoms with Gasteiger partial charge in [0, 0.05) is 0 Å². The Morgan fingerprint density at radius 2 is 1.59 bits per heavy atom. The molecule has 17 heteroatoms. The van der Waals surface area contributed by atoms with Crippen LogP contribution in [0.1, 0.15) is 6.23 Å². The van der Waals surface area contributed by atoms with Gasteiger partial charge in [-0.3, -0.25) is 9.36 Å². The van der Waals surface area contributed by atoms with Gasteiger partial charge in [-0.05, 0) is 0 Å². The molecule has 0 aliphatic carbocycles. The van der Waals surface area contributed by atoms with E-state index >= 15 is 0 Å². The first-order valence-corrected chi connectivity index (χ1v) is 12.8. The van der Waals surface area contributed by atoms with Gasteiger partial charge in [-0.1, -0.05) is 0 Å². The summed E-state index contributed by atoms with van der Waals surface area (Å²) in [7, 11) is 7.07. The third kappa shape index (κ3) is 11.6. The zero-order chi connectivity index (χ0) is 28.6. The molecule has 0 unspecified atom stereocenters. The summed E-state index contributed by atoms with van der Waals surface area (Å²) in [6.07, 6.45) is -3.11. The van der Waals surface area contributed by atoms with Gasteiger partial charge in [-0.15, -0.1) is 0 Å². The molecule has 1 saturated heterocycles. The standard InChI is InChI=1S/C10H13N4O8P.2C5H14NO/c15-6-4(1-21-23(18,19)20)22-10(7(6)16)14-3-13-5-8(14)11-2-12-9(5)17;2*1-6(2,3)4-5-7/h2-4,6-7,10,15-16H,1H2,(H,11,12,17)(H2,18,19,20);2*7H,4-5H2,1-3H3/q;2*+1/p-2/t4-,6-,7-,10-;;/m1../s1. The number of nitrogens with zero attached hydrogens (tertiary/aromatic N) is 5. The van der Waals surface area contributed by atoms with Gasteiger partial charge >= 0.3 is 0 Å². The molecule has 2 aromatic heterocycles. The zero-order valence-electron chi connectivity index (χ0n) is 21.9. The number of aromatic amines is 1. The van der Waals surface area contributed by atoms with Crippen molar-refractivity contribution in [2.24, 2.45) is 0 Å². The van der Waals surface area contributed by atoms with Gasteiger partial charge in [0.15, 0.2) is 17.4 Å². The molecule has 16 nitrogen and oxygen atoms in total. The van der Waals surface area contributed by atoms with E-state index in [1.54, 1.807) is 0 Å². The Kier molecular flexibility index (Phi) is 12.4. The number of aliphatic hydroxyl groups is 4. The molecule has 0 spiro atoms. The van der Waals surface area contributed by atoms with Gasteiger partial charge in [0.25, 0.3) is 5.56 Å². The number of phosphoric ester groups is 1. The maximum Gasteiger partial charge on any atom is 0.278 e. The second-order valence-electron chi connectivity index (χ2n) is 10.3. The molecule has 5 N–H and O–H groups in total. The van der Waals surface area contributed by atoms with Crippen LogP contribution >= 0.6 is 7.82 Å². The number of nitrogens with one attached hydrogen (secondary N) is 1. The molecule has 0 aromatic carbocycles. The fourth-order valence-electron chi connectivity index (χ4n) is 2.91. The molecule has 0 bridgehead atoms. The highest BCUT2D eigenvalue weighted by Gasteiger charge is 2.44. The minimum atomic E-state index is -5.24. The number of rotatable bonds is 8. The fourth-order valence-corrected chi connectivity index (χ4v) is 3.24. The largest absolute Gasteiger partial charge is 0.790 e. The SMILES string of the molecule is C[N+](C)(C)CCO.C[N+](C)(C)CCO.O=c1[nH]cnc2c1ncn2[C@@H]1O[C@H](COP(=O)([O-])[O-])[C@@H](O)[C@H]1O. The number of likely N-dealkylation sites (N-methyl/N-ethyl adjacent to an activating group) is 2. The summed E-state index contributed by atoms with van der Waals surface area (Å²) in [6, 6.07) is 0. The predicted octanol–water partition coefficient (Wildman–Crippen LogP) is -4.05. The normalized spacial score (nSPS) is 22.3. The first-order chi connectivity index (χ1) is 16.9. The minimum Gasteiger partial charge on any atom is -0.790 e. The highest BCUT2D eigenvalue weighted by molar-refractivity contribution is 7.43. The van der Waals surface area contributed by atoms with E-state index in [9.17, 15) is 29.4 Å². The quantitative estimate of drug-likeness (QED) is 0.155. The number of hydrogen-bond donors (Lipinski definition) is 5. The van der Waals surface area contributed by atoms with Crippen LogP contribution in [0, 0.1) is 0 Å². The first kappa shape index (κ1) is 33.2. The molecule has 2 aromatic rings. The number of ether oxygens (including phenoxy) is 1. The minimum absolute atomic E-state index is 0.00103. The van der Waals surface area contributed by atoms with Crippen LogP contribution in [0.15, 0.2) is 17.4 Å².